The van der Waals surface area contributed by atoms with Crippen LogP contribution in [0.15, 0.2) is 0 Å². The van der Waals surface area contributed by atoms with Crippen LogP contribution < -0.4 is 5.32 Å². The van der Waals surface area contributed by atoms with Gasteiger partial charge < -0.3 is 5.32 Å². The maximum Gasteiger partial charge on any atom is 0.296 e. The third kappa shape index (κ3) is 3.11. The van der Waals surface area contributed by atoms with Crippen molar-refractivity contribution in [1.82, 2.24) is 10.3 Å². The average molecular weight is 262 g/mol. The molecule has 0 aliphatic heterocycles. The fraction of sp³-hybridized carbons (Fsp3) is 0.571. The van der Waals surface area contributed by atoms with Crippen LogP contribution in [-0.2, 0) is 17.6 Å². The summed E-state index contributed by atoms with van der Waals surface area (Å²) in [6, 6.07) is -0.0460. The van der Waals surface area contributed by atoms with Gasteiger partial charge in [0.1, 0.15) is 5.01 Å². The van der Waals surface area contributed by atoms with Gasteiger partial charge in [0, 0.05) is 4.88 Å². The predicted molar refractivity (Wildman–Crippen MR) is 73.4 cm³/mol. The quantitative estimate of drug-likeness (QED) is 0.657. The molecule has 1 aliphatic rings. The van der Waals surface area contributed by atoms with Crippen LogP contribution in [0.5, 0.6) is 0 Å². The zero-order chi connectivity index (χ0) is 13.0. The van der Waals surface area contributed by atoms with E-state index in [0.29, 0.717) is 0 Å². The first-order valence-corrected chi connectivity index (χ1v) is 7.24. The Hall–Kier alpha value is -1.34. The number of carbonyl (C=O) groups excluding carboxylic acids is 1. The summed E-state index contributed by atoms with van der Waals surface area (Å²) in [5, 5.41) is 3.86. The first kappa shape index (κ1) is 13.1. The highest BCUT2D eigenvalue weighted by Gasteiger charge is 2.18. The van der Waals surface area contributed by atoms with Crippen LogP contribution in [0.1, 0.15) is 54.7 Å². The minimum Gasteiger partial charge on any atom is -0.336 e. The van der Waals surface area contributed by atoms with Crippen molar-refractivity contribution >= 4 is 17.2 Å². The lowest BCUT2D eigenvalue weighted by molar-refractivity contribution is -0.116. The van der Waals surface area contributed by atoms with E-state index in [-0.39, 0.29) is 11.9 Å². The molecule has 0 fully saturated rings. The van der Waals surface area contributed by atoms with E-state index in [9.17, 15) is 4.79 Å². The fourth-order valence-electron chi connectivity index (χ4n) is 2.14. The highest BCUT2D eigenvalue weighted by molar-refractivity contribution is 7.11. The smallest absolute Gasteiger partial charge is 0.296 e. The molecular formula is C14H18N2OS. The van der Waals surface area contributed by atoms with E-state index in [4.69, 9.17) is 0 Å². The van der Waals surface area contributed by atoms with E-state index in [2.05, 4.69) is 22.1 Å². The van der Waals surface area contributed by atoms with Crippen LogP contribution in [0.25, 0.3) is 0 Å². The molecule has 1 unspecified atom stereocenters. The molecule has 0 saturated carbocycles. The Morgan fingerprint density at radius 1 is 1.39 bits per heavy atom. The summed E-state index contributed by atoms with van der Waals surface area (Å²) in [4.78, 5) is 17.5. The molecular weight excluding hydrogens is 244 g/mol. The first-order chi connectivity index (χ1) is 8.70. The van der Waals surface area contributed by atoms with Gasteiger partial charge >= 0.3 is 0 Å². The monoisotopic (exact) mass is 262 g/mol. The second kappa shape index (κ2) is 6.01. The summed E-state index contributed by atoms with van der Waals surface area (Å²) < 4.78 is 0. The van der Waals surface area contributed by atoms with Crippen LogP contribution in [0, 0.1) is 11.8 Å². The molecule has 1 heterocycles. The van der Waals surface area contributed by atoms with Gasteiger partial charge in [0.25, 0.3) is 5.91 Å². The number of carbonyl (C=O) groups is 1. The van der Waals surface area contributed by atoms with E-state index < -0.39 is 0 Å². The molecule has 1 atom stereocenters. The Bertz CT molecular complexity index is 472. The van der Waals surface area contributed by atoms with Crippen molar-refractivity contribution in [2.75, 3.05) is 0 Å². The second-order valence-corrected chi connectivity index (χ2v) is 5.67. The predicted octanol–water partition coefficient (Wildman–Crippen LogP) is 2.61. The topological polar surface area (TPSA) is 42.0 Å². The molecule has 18 heavy (non-hydrogen) atoms. The Kier molecular flexibility index (Phi) is 4.38. The van der Waals surface area contributed by atoms with Crippen molar-refractivity contribution < 1.29 is 4.79 Å². The Labute approximate surface area is 112 Å². The maximum absolute atomic E-state index is 11.4. The van der Waals surface area contributed by atoms with Crippen molar-refractivity contribution in [3.8, 4) is 11.8 Å². The molecule has 96 valence electrons. The SMILES string of the molecule is CC#CC(=O)NC(C)c1nc2c(s1)CCCCC2. The lowest BCUT2D eigenvalue weighted by Gasteiger charge is -2.07. The fourth-order valence-corrected chi connectivity index (χ4v) is 3.30. The molecule has 1 aliphatic carbocycles. The zero-order valence-electron chi connectivity index (χ0n) is 10.9. The Morgan fingerprint density at radius 3 is 2.94 bits per heavy atom. The second-order valence-electron chi connectivity index (χ2n) is 4.55. The van der Waals surface area contributed by atoms with Gasteiger partial charge in [-0.3, -0.25) is 4.79 Å². The van der Waals surface area contributed by atoms with Crippen LogP contribution in [0.2, 0.25) is 0 Å². The molecule has 4 heteroatoms. The van der Waals surface area contributed by atoms with Gasteiger partial charge in [-0.25, -0.2) is 4.98 Å². The van der Waals surface area contributed by atoms with E-state index in [1.165, 1.54) is 29.8 Å². The van der Waals surface area contributed by atoms with Crippen molar-refractivity contribution in [3.05, 3.63) is 15.6 Å². The van der Waals surface area contributed by atoms with E-state index in [1.807, 2.05) is 6.92 Å². The van der Waals surface area contributed by atoms with Crippen molar-refractivity contribution in [2.24, 2.45) is 0 Å². The molecule has 1 N–H and O–H groups in total. The Balaban J connectivity index is 2.08. The first-order valence-electron chi connectivity index (χ1n) is 6.42. The molecule has 0 bridgehead atoms. The van der Waals surface area contributed by atoms with Gasteiger partial charge in [0.2, 0.25) is 0 Å². The highest BCUT2D eigenvalue weighted by atomic mass is 32.1. The molecule has 2 rings (SSSR count). The maximum atomic E-state index is 11.4. The van der Waals surface area contributed by atoms with Crippen LogP contribution in [0.3, 0.4) is 0 Å². The summed E-state index contributed by atoms with van der Waals surface area (Å²) in [5.41, 5.74) is 1.25. The molecule has 1 amide bonds. The van der Waals surface area contributed by atoms with Crippen LogP contribution in [-0.4, -0.2) is 10.9 Å². The van der Waals surface area contributed by atoms with Gasteiger partial charge in [-0.2, -0.15) is 0 Å². The number of amides is 1. The lowest BCUT2D eigenvalue weighted by Crippen LogP contribution is -2.24. The summed E-state index contributed by atoms with van der Waals surface area (Å²) >= 11 is 1.74. The number of hydrogen-bond acceptors (Lipinski definition) is 3. The van der Waals surface area contributed by atoms with E-state index in [1.54, 1.807) is 18.3 Å². The normalized spacial score (nSPS) is 15.9. The number of fused-ring (bicyclic) bond motifs is 1. The van der Waals surface area contributed by atoms with Gasteiger partial charge in [-0.15, -0.1) is 11.3 Å². The number of aryl methyl sites for hydroxylation is 2. The molecule has 1 aromatic heterocycles. The molecule has 0 radical (unpaired) electrons. The van der Waals surface area contributed by atoms with Crippen LogP contribution in [0.4, 0.5) is 0 Å². The van der Waals surface area contributed by atoms with Gasteiger partial charge in [-0.05, 0) is 45.5 Å². The number of hydrogen-bond donors (Lipinski definition) is 1. The minimum absolute atomic E-state index is 0.0460. The third-order valence-electron chi connectivity index (χ3n) is 3.07. The lowest BCUT2D eigenvalue weighted by atomic mass is 10.2. The summed E-state index contributed by atoms with van der Waals surface area (Å²) in [7, 11) is 0. The highest BCUT2D eigenvalue weighted by Crippen LogP contribution is 2.28. The number of rotatable bonds is 2. The molecule has 1 aromatic rings. The van der Waals surface area contributed by atoms with Gasteiger partial charge in [0.15, 0.2) is 0 Å². The summed E-state index contributed by atoms with van der Waals surface area (Å²) in [6.07, 6.45) is 6.02. The molecule has 3 nitrogen and oxygen atoms in total. The number of nitrogens with zero attached hydrogens (tertiary/aromatic N) is 1. The number of aromatic nitrogens is 1. The van der Waals surface area contributed by atoms with Gasteiger partial charge in [-0.1, -0.05) is 12.3 Å². The van der Waals surface area contributed by atoms with E-state index in [0.717, 1.165) is 17.8 Å². The standard InChI is InChI=1S/C14H18N2OS/c1-3-7-13(17)15-10(2)14-16-11-8-5-4-6-9-12(11)18-14/h10H,4-6,8-9H2,1-2H3,(H,15,17). The molecule has 0 aromatic carbocycles. The molecule has 0 saturated heterocycles. The van der Waals surface area contributed by atoms with E-state index >= 15 is 0 Å². The minimum atomic E-state index is -0.226. The number of thiazole rings is 1. The third-order valence-corrected chi connectivity index (χ3v) is 4.41. The van der Waals surface area contributed by atoms with Gasteiger partial charge in [0.05, 0.1) is 11.7 Å². The summed E-state index contributed by atoms with van der Waals surface area (Å²) in [5.74, 6) is 4.87. The summed E-state index contributed by atoms with van der Waals surface area (Å²) in [6.45, 7) is 3.63. The Morgan fingerprint density at radius 2 is 2.17 bits per heavy atom. The van der Waals surface area contributed by atoms with Crippen molar-refractivity contribution in [2.45, 2.75) is 52.0 Å². The van der Waals surface area contributed by atoms with Crippen molar-refractivity contribution in [3.63, 3.8) is 0 Å². The average Bonchev–Trinajstić information content (AvgIpc) is 2.61. The number of nitrogens with one attached hydrogen (secondary N) is 1. The van der Waals surface area contributed by atoms with Crippen LogP contribution >= 0.6 is 11.3 Å². The van der Waals surface area contributed by atoms with Crippen molar-refractivity contribution in [1.29, 1.82) is 0 Å². The largest absolute Gasteiger partial charge is 0.336 e. The molecule has 0 spiro atoms. The zero-order valence-corrected chi connectivity index (χ0v) is 11.7.